The minimum atomic E-state index is -0.338. The summed E-state index contributed by atoms with van der Waals surface area (Å²) < 4.78 is 0. The van der Waals surface area contributed by atoms with Crippen LogP contribution in [-0.4, -0.2) is 0 Å². The van der Waals surface area contributed by atoms with Crippen LogP contribution < -0.4 is 0 Å². The van der Waals surface area contributed by atoms with Crippen LogP contribution in [0.25, 0.3) is 0 Å². The molecular weight excluding hydrogens is 170 g/mol. The van der Waals surface area contributed by atoms with Crippen LogP contribution in [0.5, 0.6) is 0 Å². The van der Waals surface area contributed by atoms with Gasteiger partial charge in [0.15, 0.2) is 0 Å². The number of fused-ring (bicyclic) bond motifs is 1. The third-order valence-corrected chi connectivity index (χ3v) is 3.10. The van der Waals surface area contributed by atoms with E-state index in [1.165, 1.54) is 29.5 Å². The highest BCUT2D eigenvalue weighted by atomic mass is 14.3. The first-order valence-electron chi connectivity index (χ1n) is 5.17. The topological polar surface area (TPSA) is 23.8 Å². The van der Waals surface area contributed by atoms with Gasteiger partial charge in [-0.2, -0.15) is 5.26 Å². The Bertz CT molecular complexity index is 396. The van der Waals surface area contributed by atoms with Crippen molar-refractivity contribution in [1.29, 1.82) is 5.26 Å². The van der Waals surface area contributed by atoms with E-state index in [4.69, 9.17) is 5.26 Å². The third-order valence-electron chi connectivity index (χ3n) is 3.10. The Balaban J connectivity index is 2.56. The highest BCUT2D eigenvalue weighted by molar-refractivity contribution is 5.44. The van der Waals surface area contributed by atoms with E-state index in [2.05, 4.69) is 24.3 Å². The SMILES string of the molecule is CC(C)(C#N)c1cccc2c1CCC2. The van der Waals surface area contributed by atoms with E-state index in [9.17, 15) is 0 Å². The molecule has 14 heavy (non-hydrogen) atoms. The van der Waals surface area contributed by atoms with Crippen molar-refractivity contribution in [1.82, 2.24) is 0 Å². The predicted molar refractivity (Wildman–Crippen MR) is 57.1 cm³/mol. The molecule has 1 aliphatic carbocycles. The standard InChI is InChI=1S/C13H15N/c1-13(2,9-14)12-8-4-6-10-5-3-7-11(10)12/h4,6,8H,3,5,7H2,1-2H3. The van der Waals surface area contributed by atoms with Gasteiger partial charge in [0.1, 0.15) is 0 Å². The lowest BCUT2D eigenvalue weighted by atomic mass is 9.82. The zero-order chi connectivity index (χ0) is 10.2. The molecule has 0 fully saturated rings. The Morgan fingerprint density at radius 2 is 2.07 bits per heavy atom. The largest absolute Gasteiger partial charge is 0.197 e. The van der Waals surface area contributed by atoms with E-state index in [0.29, 0.717) is 0 Å². The van der Waals surface area contributed by atoms with Gasteiger partial charge in [-0.3, -0.25) is 0 Å². The smallest absolute Gasteiger partial charge is 0.0769 e. The van der Waals surface area contributed by atoms with Gasteiger partial charge in [-0.05, 0) is 49.8 Å². The molecule has 0 amide bonds. The zero-order valence-corrected chi connectivity index (χ0v) is 8.80. The summed E-state index contributed by atoms with van der Waals surface area (Å²) >= 11 is 0. The van der Waals surface area contributed by atoms with Crippen LogP contribution in [0.15, 0.2) is 18.2 Å². The fraction of sp³-hybridized carbons (Fsp3) is 0.462. The lowest BCUT2D eigenvalue weighted by molar-refractivity contribution is 0.677. The van der Waals surface area contributed by atoms with Gasteiger partial charge >= 0.3 is 0 Å². The molecule has 0 N–H and O–H groups in total. The molecule has 1 aliphatic rings. The maximum Gasteiger partial charge on any atom is 0.0769 e. The minimum Gasteiger partial charge on any atom is -0.197 e. The molecule has 0 heterocycles. The quantitative estimate of drug-likeness (QED) is 0.660. The summed E-state index contributed by atoms with van der Waals surface area (Å²) in [6.07, 6.45) is 3.58. The molecular formula is C13H15N. The normalized spacial score (nSPS) is 14.9. The predicted octanol–water partition coefficient (Wildman–Crippen LogP) is 2.98. The Kier molecular flexibility index (Phi) is 2.07. The van der Waals surface area contributed by atoms with E-state index in [1.807, 2.05) is 13.8 Å². The first kappa shape index (κ1) is 9.27. The van der Waals surface area contributed by atoms with Crippen molar-refractivity contribution in [3.05, 3.63) is 34.9 Å². The molecule has 0 aliphatic heterocycles. The van der Waals surface area contributed by atoms with Gasteiger partial charge in [0.05, 0.1) is 11.5 Å². The van der Waals surface area contributed by atoms with Crippen LogP contribution in [0.1, 0.15) is 37.0 Å². The molecule has 72 valence electrons. The molecule has 2 rings (SSSR count). The average Bonchev–Trinajstić information content (AvgIpc) is 2.64. The highest BCUT2D eigenvalue weighted by Gasteiger charge is 2.25. The summed E-state index contributed by atoms with van der Waals surface area (Å²) in [4.78, 5) is 0. The second-order valence-corrected chi connectivity index (χ2v) is 4.53. The minimum absolute atomic E-state index is 0.338. The molecule has 0 saturated carbocycles. The average molecular weight is 185 g/mol. The molecule has 1 nitrogen and oxygen atoms in total. The molecule has 0 unspecified atom stereocenters. The van der Waals surface area contributed by atoms with Crippen LogP contribution in [0, 0.1) is 11.3 Å². The Morgan fingerprint density at radius 3 is 2.79 bits per heavy atom. The van der Waals surface area contributed by atoms with Gasteiger partial charge in [0.2, 0.25) is 0 Å². The number of benzene rings is 1. The third kappa shape index (κ3) is 1.32. The molecule has 1 heteroatoms. The lowest BCUT2D eigenvalue weighted by Crippen LogP contribution is -2.16. The van der Waals surface area contributed by atoms with Crippen molar-refractivity contribution >= 4 is 0 Å². The Labute approximate surface area is 85.4 Å². The van der Waals surface area contributed by atoms with Crippen LogP contribution in [-0.2, 0) is 18.3 Å². The van der Waals surface area contributed by atoms with Crippen molar-refractivity contribution in [2.75, 3.05) is 0 Å². The second kappa shape index (κ2) is 3.13. The molecule has 0 bridgehead atoms. The lowest BCUT2D eigenvalue weighted by Gasteiger charge is -2.19. The fourth-order valence-electron chi connectivity index (χ4n) is 2.27. The Hall–Kier alpha value is -1.29. The molecule has 1 aromatic rings. The van der Waals surface area contributed by atoms with Crippen molar-refractivity contribution in [2.24, 2.45) is 0 Å². The van der Waals surface area contributed by atoms with Gasteiger partial charge in [0.25, 0.3) is 0 Å². The van der Waals surface area contributed by atoms with Gasteiger partial charge in [-0.1, -0.05) is 18.2 Å². The van der Waals surface area contributed by atoms with Crippen molar-refractivity contribution in [2.45, 2.75) is 38.5 Å². The highest BCUT2D eigenvalue weighted by Crippen LogP contribution is 2.32. The summed E-state index contributed by atoms with van der Waals surface area (Å²) in [5.41, 5.74) is 3.77. The van der Waals surface area contributed by atoms with Crippen LogP contribution in [0.2, 0.25) is 0 Å². The number of nitrogens with zero attached hydrogens (tertiary/aromatic N) is 1. The summed E-state index contributed by atoms with van der Waals surface area (Å²) in [5, 5.41) is 9.13. The van der Waals surface area contributed by atoms with Crippen LogP contribution in [0.4, 0.5) is 0 Å². The first-order chi connectivity index (χ1) is 6.65. The van der Waals surface area contributed by atoms with Crippen molar-refractivity contribution < 1.29 is 0 Å². The molecule has 0 aromatic heterocycles. The van der Waals surface area contributed by atoms with E-state index >= 15 is 0 Å². The van der Waals surface area contributed by atoms with Gasteiger partial charge in [0, 0.05) is 0 Å². The first-order valence-corrected chi connectivity index (χ1v) is 5.17. The van der Waals surface area contributed by atoms with Gasteiger partial charge in [-0.15, -0.1) is 0 Å². The molecule has 0 radical (unpaired) electrons. The molecule has 0 atom stereocenters. The zero-order valence-electron chi connectivity index (χ0n) is 8.80. The molecule has 1 aromatic carbocycles. The van der Waals surface area contributed by atoms with Crippen molar-refractivity contribution in [3.63, 3.8) is 0 Å². The van der Waals surface area contributed by atoms with Crippen molar-refractivity contribution in [3.8, 4) is 6.07 Å². The van der Waals surface area contributed by atoms with Crippen LogP contribution in [0.3, 0.4) is 0 Å². The van der Waals surface area contributed by atoms with E-state index < -0.39 is 0 Å². The summed E-state index contributed by atoms with van der Waals surface area (Å²) in [7, 11) is 0. The maximum atomic E-state index is 9.13. The summed E-state index contributed by atoms with van der Waals surface area (Å²) in [6.45, 7) is 4.00. The van der Waals surface area contributed by atoms with E-state index in [0.717, 1.165) is 6.42 Å². The molecule has 0 saturated heterocycles. The monoisotopic (exact) mass is 185 g/mol. The number of aryl methyl sites for hydroxylation is 1. The van der Waals surface area contributed by atoms with E-state index in [-0.39, 0.29) is 5.41 Å². The van der Waals surface area contributed by atoms with Gasteiger partial charge in [-0.25, -0.2) is 0 Å². The van der Waals surface area contributed by atoms with Crippen LogP contribution >= 0.6 is 0 Å². The Morgan fingerprint density at radius 1 is 1.29 bits per heavy atom. The maximum absolute atomic E-state index is 9.13. The second-order valence-electron chi connectivity index (χ2n) is 4.53. The number of hydrogen-bond donors (Lipinski definition) is 0. The van der Waals surface area contributed by atoms with Gasteiger partial charge < -0.3 is 0 Å². The fourth-order valence-corrected chi connectivity index (χ4v) is 2.27. The number of nitriles is 1. The summed E-state index contributed by atoms with van der Waals surface area (Å²) in [5.74, 6) is 0. The van der Waals surface area contributed by atoms with E-state index in [1.54, 1.807) is 0 Å². The number of rotatable bonds is 1. The molecule has 0 spiro atoms. The summed E-state index contributed by atoms with van der Waals surface area (Å²) in [6, 6.07) is 8.77. The number of hydrogen-bond acceptors (Lipinski definition) is 1.